The summed E-state index contributed by atoms with van der Waals surface area (Å²) in [4.78, 5) is 2.04. The SMILES string of the molecule is O=S1(=O)CCC(N(Cc2ccccc2)CC(O)COc2ccccc2Cl)C1. The Balaban J connectivity index is 1.64. The Morgan fingerprint density at radius 1 is 1.15 bits per heavy atom. The van der Waals surface area contributed by atoms with Crippen molar-refractivity contribution in [3.05, 3.63) is 65.2 Å². The smallest absolute Gasteiger partial charge is 0.151 e. The lowest BCUT2D eigenvalue weighted by Crippen LogP contribution is -2.42. The number of rotatable bonds is 8. The zero-order valence-electron chi connectivity index (χ0n) is 15.0. The minimum absolute atomic E-state index is 0.0918. The standard InChI is InChI=1S/C20H24ClNO4S/c21-19-8-4-5-9-20(19)26-14-18(23)13-22(12-16-6-2-1-3-7-16)17-10-11-27(24,25)15-17/h1-9,17-18,23H,10-15H2. The molecule has 1 aliphatic heterocycles. The van der Waals surface area contributed by atoms with Crippen molar-refractivity contribution in [1.29, 1.82) is 0 Å². The summed E-state index contributed by atoms with van der Waals surface area (Å²) in [5, 5.41) is 11.0. The van der Waals surface area contributed by atoms with E-state index in [1.54, 1.807) is 12.1 Å². The van der Waals surface area contributed by atoms with E-state index >= 15 is 0 Å². The van der Waals surface area contributed by atoms with Crippen molar-refractivity contribution in [2.45, 2.75) is 25.1 Å². The molecule has 3 rings (SSSR count). The van der Waals surface area contributed by atoms with Crippen LogP contribution in [0.2, 0.25) is 5.02 Å². The zero-order chi connectivity index (χ0) is 19.3. The zero-order valence-corrected chi connectivity index (χ0v) is 16.6. The summed E-state index contributed by atoms with van der Waals surface area (Å²) in [6, 6.07) is 16.9. The average Bonchev–Trinajstić information content (AvgIpc) is 3.01. The van der Waals surface area contributed by atoms with Crippen LogP contribution in [0.15, 0.2) is 54.6 Å². The van der Waals surface area contributed by atoms with E-state index < -0.39 is 15.9 Å². The highest BCUT2D eigenvalue weighted by Gasteiger charge is 2.33. The van der Waals surface area contributed by atoms with Crippen molar-refractivity contribution in [1.82, 2.24) is 4.90 Å². The van der Waals surface area contributed by atoms with E-state index in [1.165, 1.54) is 0 Å². The lowest BCUT2D eigenvalue weighted by atomic mass is 10.1. The summed E-state index contributed by atoms with van der Waals surface area (Å²) in [5.74, 6) is 0.865. The first-order chi connectivity index (χ1) is 12.9. The highest BCUT2D eigenvalue weighted by Crippen LogP contribution is 2.24. The Labute approximate surface area is 165 Å². The van der Waals surface area contributed by atoms with Gasteiger partial charge in [-0.05, 0) is 24.1 Å². The molecule has 0 aromatic heterocycles. The first kappa shape index (κ1) is 20.1. The van der Waals surface area contributed by atoms with E-state index in [4.69, 9.17) is 16.3 Å². The van der Waals surface area contributed by atoms with E-state index in [9.17, 15) is 13.5 Å². The minimum Gasteiger partial charge on any atom is -0.489 e. The van der Waals surface area contributed by atoms with Gasteiger partial charge in [0, 0.05) is 19.1 Å². The maximum Gasteiger partial charge on any atom is 0.151 e. The van der Waals surface area contributed by atoms with Gasteiger partial charge >= 0.3 is 0 Å². The Morgan fingerprint density at radius 2 is 1.85 bits per heavy atom. The molecule has 5 nitrogen and oxygen atoms in total. The number of hydrogen-bond donors (Lipinski definition) is 1. The monoisotopic (exact) mass is 409 g/mol. The Hall–Kier alpha value is -1.60. The van der Waals surface area contributed by atoms with Crippen LogP contribution in [0.25, 0.3) is 0 Å². The van der Waals surface area contributed by atoms with Crippen LogP contribution in [0.3, 0.4) is 0 Å². The summed E-state index contributed by atoms with van der Waals surface area (Å²) in [5.41, 5.74) is 1.08. The van der Waals surface area contributed by atoms with Crippen molar-refractivity contribution in [2.24, 2.45) is 0 Å². The molecule has 2 aromatic rings. The third-order valence-electron chi connectivity index (χ3n) is 4.67. The van der Waals surface area contributed by atoms with Crippen LogP contribution in [0.4, 0.5) is 0 Å². The van der Waals surface area contributed by atoms with Gasteiger partial charge in [-0.25, -0.2) is 8.42 Å². The molecule has 146 valence electrons. The number of aliphatic hydroxyl groups excluding tert-OH is 1. The molecule has 1 saturated heterocycles. The Bertz CT molecular complexity index is 844. The van der Waals surface area contributed by atoms with Gasteiger partial charge < -0.3 is 9.84 Å². The van der Waals surface area contributed by atoms with Crippen LogP contribution in [0.1, 0.15) is 12.0 Å². The Kier molecular flexibility index (Phi) is 6.76. The number of aliphatic hydroxyl groups is 1. The van der Waals surface area contributed by atoms with Gasteiger partial charge in [0.25, 0.3) is 0 Å². The summed E-state index contributed by atoms with van der Waals surface area (Å²) < 4.78 is 29.4. The largest absolute Gasteiger partial charge is 0.489 e. The van der Waals surface area contributed by atoms with E-state index in [2.05, 4.69) is 0 Å². The van der Waals surface area contributed by atoms with Crippen molar-refractivity contribution >= 4 is 21.4 Å². The van der Waals surface area contributed by atoms with Crippen LogP contribution in [-0.4, -0.2) is 55.2 Å². The molecule has 1 heterocycles. The number of benzene rings is 2. The normalized spacial score (nSPS) is 19.9. The fourth-order valence-corrected chi connectivity index (χ4v) is 5.25. The molecule has 2 unspecified atom stereocenters. The van der Waals surface area contributed by atoms with Crippen LogP contribution < -0.4 is 4.74 Å². The summed E-state index contributed by atoms with van der Waals surface area (Å²) in [7, 11) is -3.00. The van der Waals surface area contributed by atoms with Crippen LogP contribution in [0, 0.1) is 0 Å². The number of ether oxygens (including phenoxy) is 1. The topological polar surface area (TPSA) is 66.8 Å². The lowest BCUT2D eigenvalue weighted by molar-refractivity contribution is 0.0525. The number of halogens is 1. The number of para-hydroxylation sites is 1. The van der Waals surface area contributed by atoms with E-state index in [0.29, 0.717) is 30.3 Å². The van der Waals surface area contributed by atoms with Crippen molar-refractivity contribution in [3.8, 4) is 5.75 Å². The number of hydrogen-bond acceptors (Lipinski definition) is 5. The summed E-state index contributed by atoms with van der Waals surface area (Å²) in [6.45, 7) is 1.01. The minimum atomic E-state index is -3.00. The summed E-state index contributed by atoms with van der Waals surface area (Å²) in [6.07, 6.45) is -0.166. The van der Waals surface area contributed by atoms with Gasteiger partial charge in [-0.1, -0.05) is 54.1 Å². The van der Waals surface area contributed by atoms with Crippen LogP contribution >= 0.6 is 11.6 Å². The third-order valence-corrected chi connectivity index (χ3v) is 6.73. The molecular formula is C20H24ClNO4S. The van der Waals surface area contributed by atoms with Crippen LogP contribution in [0.5, 0.6) is 5.75 Å². The lowest BCUT2D eigenvalue weighted by Gasteiger charge is -2.30. The molecule has 1 N–H and O–H groups in total. The predicted octanol–water partition coefficient (Wildman–Crippen LogP) is 2.77. The maximum absolute atomic E-state index is 11.9. The fraction of sp³-hybridized carbons (Fsp3) is 0.400. The highest BCUT2D eigenvalue weighted by molar-refractivity contribution is 7.91. The molecule has 7 heteroatoms. The molecule has 0 spiro atoms. The summed E-state index contributed by atoms with van der Waals surface area (Å²) >= 11 is 6.07. The number of sulfone groups is 1. The second-order valence-corrected chi connectivity index (χ2v) is 9.50. The van der Waals surface area contributed by atoms with E-state index in [0.717, 1.165) is 5.56 Å². The van der Waals surface area contributed by atoms with Crippen molar-refractivity contribution < 1.29 is 18.3 Å². The molecule has 0 saturated carbocycles. The molecule has 2 aromatic carbocycles. The molecule has 0 amide bonds. The fourth-order valence-electron chi connectivity index (χ4n) is 3.30. The molecule has 1 fully saturated rings. The maximum atomic E-state index is 11.9. The quantitative estimate of drug-likeness (QED) is 0.726. The van der Waals surface area contributed by atoms with Crippen molar-refractivity contribution in [2.75, 3.05) is 24.7 Å². The third kappa shape index (κ3) is 5.94. The molecule has 1 aliphatic rings. The molecule has 2 atom stereocenters. The van der Waals surface area contributed by atoms with Crippen LogP contribution in [-0.2, 0) is 16.4 Å². The molecular weight excluding hydrogens is 386 g/mol. The van der Waals surface area contributed by atoms with Gasteiger partial charge in [-0.3, -0.25) is 4.90 Å². The molecule has 27 heavy (non-hydrogen) atoms. The highest BCUT2D eigenvalue weighted by atomic mass is 35.5. The van der Waals surface area contributed by atoms with Gasteiger partial charge in [-0.15, -0.1) is 0 Å². The molecule has 0 aliphatic carbocycles. The number of nitrogens with zero attached hydrogens (tertiary/aromatic N) is 1. The van der Waals surface area contributed by atoms with Crippen molar-refractivity contribution in [3.63, 3.8) is 0 Å². The van der Waals surface area contributed by atoms with Gasteiger partial charge in [0.05, 0.1) is 16.5 Å². The first-order valence-corrected chi connectivity index (χ1v) is 11.2. The second kappa shape index (κ2) is 9.06. The molecule has 0 bridgehead atoms. The van der Waals surface area contributed by atoms with E-state index in [1.807, 2.05) is 47.4 Å². The van der Waals surface area contributed by atoms with E-state index in [-0.39, 0.29) is 24.2 Å². The van der Waals surface area contributed by atoms with Gasteiger partial charge in [0.15, 0.2) is 9.84 Å². The predicted molar refractivity (Wildman–Crippen MR) is 107 cm³/mol. The molecule has 0 radical (unpaired) electrons. The van der Waals surface area contributed by atoms with Gasteiger partial charge in [0.1, 0.15) is 18.5 Å². The first-order valence-electron chi connectivity index (χ1n) is 8.97. The average molecular weight is 410 g/mol. The van der Waals surface area contributed by atoms with Gasteiger partial charge in [-0.2, -0.15) is 0 Å². The van der Waals surface area contributed by atoms with Gasteiger partial charge in [0.2, 0.25) is 0 Å². The Morgan fingerprint density at radius 3 is 2.52 bits per heavy atom. The second-order valence-electron chi connectivity index (χ2n) is 6.87.